The van der Waals surface area contributed by atoms with Crippen molar-refractivity contribution in [3.63, 3.8) is 0 Å². The van der Waals surface area contributed by atoms with Crippen molar-refractivity contribution in [1.82, 2.24) is 14.9 Å². The fourth-order valence-corrected chi connectivity index (χ4v) is 9.69. The van der Waals surface area contributed by atoms with E-state index in [2.05, 4.69) is 6.07 Å². The van der Waals surface area contributed by atoms with Gasteiger partial charge in [-0.3, -0.25) is 14.5 Å². The second-order valence-corrected chi connectivity index (χ2v) is 13.3. The van der Waals surface area contributed by atoms with E-state index in [1.54, 1.807) is 0 Å². The number of halogens is 2. The Bertz CT molecular complexity index is 2160. The maximum absolute atomic E-state index is 14.6. The molecule has 0 spiro atoms. The monoisotopic (exact) mass is 633 g/mol. The molecule has 1 aromatic heterocycles. The largest absolute Gasteiger partial charge is 0.349 e. The first-order valence-electron chi connectivity index (χ1n) is 14.7. The normalized spacial score (nSPS) is 26.4. The topological polar surface area (TPSA) is 81.6 Å². The zero-order valence-corrected chi connectivity index (χ0v) is 25.8. The minimum absolute atomic E-state index is 0.0595. The Morgan fingerprint density at radius 3 is 1.53 bits per heavy atom. The van der Waals surface area contributed by atoms with Gasteiger partial charge in [-0.2, -0.15) is 0 Å². The number of fused-ring (bicyclic) bond motifs is 12. The van der Waals surface area contributed by atoms with E-state index in [4.69, 9.17) is 42.6 Å². The number of nitrogens with zero attached hydrogens (tertiary/aromatic N) is 3. The van der Waals surface area contributed by atoms with Crippen LogP contribution in [0.25, 0.3) is 43.4 Å². The second kappa shape index (κ2) is 8.98. The number of amides is 2. The Morgan fingerprint density at radius 2 is 1.09 bits per heavy atom. The van der Waals surface area contributed by atoms with Crippen LogP contribution in [0.5, 0.6) is 0 Å². The van der Waals surface area contributed by atoms with E-state index in [0.29, 0.717) is 22.4 Å². The molecular formula is C36H25Cl2N3O4. The smallest absolute Gasteiger partial charge is 0.235 e. The standard InChI is InChI=1S/C36H25Cl2N3O4/c1-44-36(45-2)34(37)28-29(35(36,38)31-30(34)39-26-16-19-9-3-4-10-20(19)17-27(26)40-31)33(43)41(32(28)42)18-25-23-13-7-5-11-21(23)15-22-12-6-8-14-24(22)25/h3-17,28-29H,18H2,1-2H3/t28-,29+,34+,35-. The maximum atomic E-state index is 14.6. The van der Waals surface area contributed by atoms with Gasteiger partial charge in [-0.15, -0.1) is 23.2 Å². The van der Waals surface area contributed by atoms with Gasteiger partial charge in [0.25, 0.3) is 0 Å². The van der Waals surface area contributed by atoms with Gasteiger partial charge in [-0.1, -0.05) is 72.8 Å². The van der Waals surface area contributed by atoms with E-state index in [1.165, 1.54) is 19.1 Å². The fourth-order valence-electron chi connectivity index (χ4n) is 8.33. The lowest BCUT2D eigenvalue weighted by Gasteiger charge is -2.41. The molecule has 1 aliphatic heterocycles. The summed E-state index contributed by atoms with van der Waals surface area (Å²) in [6.45, 7) is 0.0595. The molecule has 45 heavy (non-hydrogen) atoms. The maximum Gasteiger partial charge on any atom is 0.235 e. The molecule has 0 N–H and O–H groups in total. The summed E-state index contributed by atoms with van der Waals surface area (Å²) in [5.74, 6) is -4.86. The molecule has 9 rings (SSSR count). The number of carbonyl (C=O) groups excluding carboxylic acids is 2. The van der Waals surface area contributed by atoms with Crippen LogP contribution in [0.4, 0.5) is 0 Å². The summed E-state index contributed by atoms with van der Waals surface area (Å²) in [6.07, 6.45) is 0. The Morgan fingerprint density at radius 1 is 0.667 bits per heavy atom. The van der Waals surface area contributed by atoms with E-state index < -0.39 is 39.2 Å². The molecule has 222 valence electrons. The minimum Gasteiger partial charge on any atom is -0.349 e. The third-order valence-electron chi connectivity index (χ3n) is 10.2. The summed E-state index contributed by atoms with van der Waals surface area (Å²) in [4.78, 5) is 37.0. The molecule has 1 saturated carbocycles. The first-order chi connectivity index (χ1) is 21.8. The van der Waals surface area contributed by atoms with Crippen molar-refractivity contribution in [2.24, 2.45) is 11.8 Å². The highest BCUT2D eigenvalue weighted by Gasteiger charge is 2.90. The summed E-state index contributed by atoms with van der Waals surface area (Å²) in [5.41, 5.74) is 2.65. The van der Waals surface area contributed by atoms with Crippen molar-refractivity contribution in [2.75, 3.05) is 14.2 Å². The van der Waals surface area contributed by atoms with Crippen LogP contribution in [0.15, 0.2) is 91.0 Å². The third kappa shape index (κ3) is 3.05. The van der Waals surface area contributed by atoms with Crippen molar-refractivity contribution < 1.29 is 19.1 Å². The Kier molecular flexibility index (Phi) is 5.43. The molecule has 2 amide bonds. The summed E-state index contributed by atoms with van der Waals surface area (Å²) >= 11 is 15.3. The molecule has 2 heterocycles. The van der Waals surface area contributed by atoms with E-state index in [9.17, 15) is 9.59 Å². The van der Waals surface area contributed by atoms with Gasteiger partial charge in [-0.25, -0.2) is 9.97 Å². The number of ether oxygens (including phenoxy) is 2. The van der Waals surface area contributed by atoms with Gasteiger partial charge in [0.05, 0.1) is 40.8 Å². The average molecular weight is 635 g/mol. The second-order valence-electron chi connectivity index (χ2n) is 12.1. The van der Waals surface area contributed by atoms with E-state index in [1.807, 2.05) is 84.9 Å². The highest BCUT2D eigenvalue weighted by atomic mass is 35.5. The molecule has 1 saturated heterocycles. The molecule has 4 atom stereocenters. The van der Waals surface area contributed by atoms with Crippen LogP contribution in [0, 0.1) is 11.8 Å². The SMILES string of the molecule is COC1(OC)[C@@]2(Cl)c3nc4cc5ccccc5cc4nc3[C@]1(Cl)[C@@H]1C(=O)N(Cc3c4ccccc4cc4ccccc34)C(=O)[C@@H]12. The third-order valence-corrected chi connectivity index (χ3v) is 11.5. The van der Waals surface area contributed by atoms with Gasteiger partial charge < -0.3 is 9.47 Å². The van der Waals surface area contributed by atoms with Gasteiger partial charge in [0.1, 0.15) is 0 Å². The number of imide groups is 1. The minimum atomic E-state index is -1.79. The predicted molar refractivity (Wildman–Crippen MR) is 173 cm³/mol. The van der Waals surface area contributed by atoms with Gasteiger partial charge in [-0.05, 0) is 56.1 Å². The Labute approximate surface area is 267 Å². The van der Waals surface area contributed by atoms with Gasteiger partial charge in [0.15, 0.2) is 9.75 Å². The molecule has 2 bridgehead atoms. The zero-order valence-electron chi connectivity index (χ0n) is 24.3. The number of aromatic nitrogens is 2. The molecule has 9 heteroatoms. The van der Waals surface area contributed by atoms with Crippen LogP contribution in [0.1, 0.15) is 17.0 Å². The zero-order chi connectivity index (χ0) is 30.9. The number of likely N-dealkylation sites (tertiary alicyclic amines) is 1. The highest BCUT2D eigenvalue weighted by Crippen LogP contribution is 2.77. The predicted octanol–water partition coefficient (Wildman–Crippen LogP) is 6.78. The van der Waals surface area contributed by atoms with Crippen LogP contribution in [0.3, 0.4) is 0 Å². The number of rotatable bonds is 4. The van der Waals surface area contributed by atoms with Gasteiger partial charge in [0, 0.05) is 14.2 Å². The number of hydrogen-bond donors (Lipinski definition) is 0. The molecule has 3 aliphatic rings. The van der Waals surface area contributed by atoms with Crippen molar-refractivity contribution in [1.29, 1.82) is 0 Å². The lowest BCUT2D eigenvalue weighted by molar-refractivity contribution is -0.239. The molecule has 6 aromatic rings. The first kappa shape index (κ1) is 27.2. The van der Waals surface area contributed by atoms with Crippen molar-refractivity contribution in [3.8, 4) is 0 Å². The molecule has 2 aliphatic carbocycles. The highest BCUT2D eigenvalue weighted by molar-refractivity contribution is 6.36. The fraction of sp³-hybridized carbons (Fsp3) is 0.222. The van der Waals surface area contributed by atoms with E-state index in [-0.39, 0.29) is 6.54 Å². The first-order valence-corrected chi connectivity index (χ1v) is 15.5. The Hall–Kier alpha value is -4.14. The molecule has 5 aromatic carbocycles. The number of benzene rings is 5. The average Bonchev–Trinajstić information content (AvgIpc) is 3.49. The Balaban J connectivity index is 1.25. The van der Waals surface area contributed by atoms with E-state index >= 15 is 0 Å². The summed E-state index contributed by atoms with van der Waals surface area (Å²) in [7, 11) is 2.85. The molecular weight excluding hydrogens is 609 g/mol. The number of alkyl halides is 2. The van der Waals surface area contributed by atoms with Crippen LogP contribution in [-0.2, 0) is 35.4 Å². The summed E-state index contributed by atoms with van der Waals surface area (Å²) in [5, 5.41) is 5.93. The molecule has 2 fully saturated rings. The number of carbonyl (C=O) groups is 2. The molecule has 0 unspecified atom stereocenters. The van der Waals surface area contributed by atoms with Crippen molar-refractivity contribution in [3.05, 3.63) is 108 Å². The summed E-state index contributed by atoms with van der Waals surface area (Å²) < 4.78 is 12.1. The van der Waals surface area contributed by atoms with Crippen molar-refractivity contribution in [2.45, 2.75) is 22.1 Å². The summed E-state index contributed by atoms with van der Waals surface area (Å²) in [6, 6.07) is 29.8. The van der Waals surface area contributed by atoms with Crippen LogP contribution < -0.4 is 0 Å². The van der Waals surface area contributed by atoms with Crippen molar-refractivity contribution >= 4 is 78.4 Å². The lowest BCUT2D eigenvalue weighted by Crippen LogP contribution is -2.56. The van der Waals surface area contributed by atoms with E-state index in [0.717, 1.165) is 37.9 Å². The van der Waals surface area contributed by atoms with Crippen LogP contribution in [-0.4, -0.2) is 46.7 Å². The van der Waals surface area contributed by atoms with Gasteiger partial charge >= 0.3 is 0 Å². The quantitative estimate of drug-likeness (QED) is 0.0922. The number of hydrogen-bond acceptors (Lipinski definition) is 6. The van der Waals surface area contributed by atoms with Crippen LogP contribution in [0.2, 0.25) is 0 Å². The molecule has 0 radical (unpaired) electrons. The number of methoxy groups -OCH3 is 2. The van der Waals surface area contributed by atoms with Crippen LogP contribution >= 0.6 is 23.2 Å². The lowest BCUT2D eigenvalue weighted by atomic mass is 9.80. The van der Waals surface area contributed by atoms with Gasteiger partial charge in [0.2, 0.25) is 17.6 Å². The molecule has 7 nitrogen and oxygen atoms in total.